The van der Waals surface area contributed by atoms with E-state index >= 15 is 0 Å². The Balaban J connectivity index is 1.36. The number of hydrogen-bond donors (Lipinski definition) is 0. The molecular weight excluding hydrogens is 254 g/mol. The van der Waals surface area contributed by atoms with E-state index in [0.29, 0.717) is 5.92 Å². The molecule has 20 heavy (non-hydrogen) atoms. The lowest BCUT2D eigenvalue weighted by Gasteiger charge is -2.27. The third-order valence-electron chi connectivity index (χ3n) is 4.99. The van der Waals surface area contributed by atoms with Crippen molar-refractivity contribution in [2.45, 2.75) is 19.4 Å². The van der Waals surface area contributed by atoms with Crippen molar-refractivity contribution in [1.29, 1.82) is 0 Å². The highest BCUT2D eigenvalue weighted by molar-refractivity contribution is 5.04. The smallest absolute Gasteiger partial charge is 0.117 e. The van der Waals surface area contributed by atoms with Crippen LogP contribution >= 0.6 is 0 Å². The maximum atomic E-state index is 6.00. The molecule has 3 aliphatic rings. The molecule has 2 atom stereocenters. The molecule has 0 N–H and O–H groups in total. The summed E-state index contributed by atoms with van der Waals surface area (Å²) in [4.78, 5) is 2.49. The van der Waals surface area contributed by atoms with E-state index in [4.69, 9.17) is 13.9 Å². The summed E-state index contributed by atoms with van der Waals surface area (Å²) >= 11 is 0. The van der Waals surface area contributed by atoms with Gasteiger partial charge in [0.05, 0.1) is 32.6 Å². The molecule has 1 saturated carbocycles. The zero-order valence-electron chi connectivity index (χ0n) is 11.9. The fourth-order valence-corrected chi connectivity index (χ4v) is 3.60. The lowest BCUT2D eigenvalue weighted by molar-refractivity contribution is 0.0218. The molecule has 0 unspecified atom stereocenters. The van der Waals surface area contributed by atoms with Crippen LogP contribution in [0.5, 0.6) is 0 Å². The molecule has 2 aliphatic heterocycles. The first-order chi connectivity index (χ1) is 9.84. The van der Waals surface area contributed by atoms with Gasteiger partial charge in [0.25, 0.3) is 0 Å². The minimum absolute atomic E-state index is 0.224. The number of likely N-dealkylation sites (tertiary alicyclic amines) is 1. The molecule has 110 valence electrons. The summed E-state index contributed by atoms with van der Waals surface area (Å²) in [7, 11) is 0. The van der Waals surface area contributed by atoms with Gasteiger partial charge >= 0.3 is 0 Å². The predicted molar refractivity (Wildman–Crippen MR) is 74.3 cm³/mol. The van der Waals surface area contributed by atoms with Crippen molar-refractivity contribution >= 4 is 0 Å². The Morgan fingerprint density at radius 1 is 1.40 bits per heavy atom. The average Bonchev–Trinajstić information content (AvgIpc) is 2.84. The van der Waals surface area contributed by atoms with Gasteiger partial charge in [-0.15, -0.1) is 0 Å². The van der Waals surface area contributed by atoms with Crippen LogP contribution in [-0.2, 0) is 16.0 Å². The summed E-state index contributed by atoms with van der Waals surface area (Å²) in [5, 5.41) is 0. The number of rotatable bonds is 6. The quantitative estimate of drug-likeness (QED) is 0.798. The summed E-state index contributed by atoms with van der Waals surface area (Å²) in [6, 6.07) is 4.02. The molecular formula is C16H23NO3. The molecule has 3 heterocycles. The van der Waals surface area contributed by atoms with E-state index in [9.17, 15) is 0 Å². The Morgan fingerprint density at radius 3 is 3.15 bits per heavy atom. The lowest BCUT2D eigenvalue weighted by Crippen LogP contribution is -2.35. The van der Waals surface area contributed by atoms with E-state index in [0.717, 1.165) is 57.7 Å². The van der Waals surface area contributed by atoms with Crippen molar-refractivity contribution < 1.29 is 13.9 Å². The van der Waals surface area contributed by atoms with Crippen molar-refractivity contribution in [3.8, 4) is 0 Å². The molecule has 0 bridgehead atoms. The number of hydrogen-bond acceptors (Lipinski definition) is 4. The van der Waals surface area contributed by atoms with Crippen LogP contribution in [0.2, 0.25) is 0 Å². The van der Waals surface area contributed by atoms with Crippen LogP contribution < -0.4 is 0 Å². The SMILES string of the molecule is c1coc(CN2C[C@H]3COC[C@@]3(COCC3CC3)C2)c1. The van der Waals surface area contributed by atoms with E-state index in [1.807, 2.05) is 6.07 Å². The van der Waals surface area contributed by atoms with Crippen LogP contribution in [0, 0.1) is 17.3 Å². The van der Waals surface area contributed by atoms with Crippen LogP contribution in [0.1, 0.15) is 18.6 Å². The Morgan fingerprint density at radius 2 is 2.35 bits per heavy atom. The second-order valence-corrected chi connectivity index (χ2v) is 6.78. The van der Waals surface area contributed by atoms with Crippen LogP contribution in [0.15, 0.2) is 22.8 Å². The minimum Gasteiger partial charge on any atom is -0.468 e. The highest BCUT2D eigenvalue weighted by Crippen LogP contribution is 2.42. The number of fused-ring (bicyclic) bond motifs is 1. The molecule has 4 nitrogen and oxygen atoms in total. The van der Waals surface area contributed by atoms with Crippen LogP contribution in [0.25, 0.3) is 0 Å². The van der Waals surface area contributed by atoms with Crippen molar-refractivity contribution in [2.24, 2.45) is 17.3 Å². The van der Waals surface area contributed by atoms with Gasteiger partial charge in [-0.1, -0.05) is 0 Å². The lowest BCUT2D eigenvalue weighted by atomic mass is 9.82. The third kappa shape index (κ3) is 2.52. The van der Waals surface area contributed by atoms with E-state index < -0.39 is 0 Å². The van der Waals surface area contributed by atoms with Gasteiger partial charge in [-0.3, -0.25) is 4.90 Å². The Labute approximate surface area is 120 Å². The van der Waals surface area contributed by atoms with Crippen molar-refractivity contribution in [3.05, 3.63) is 24.2 Å². The maximum absolute atomic E-state index is 6.00. The summed E-state index contributed by atoms with van der Waals surface area (Å²) in [5.74, 6) is 2.52. The van der Waals surface area contributed by atoms with Gasteiger partial charge in [0.15, 0.2) is 0 Å². The second kappa shape index (κ2) is 5.17. The Kier molecular flexibility index (Phi) is 3.33. The fourth-order valence-electron chi connectivity index (χ4n) is 3.60. The zero-order valence-corrected chi connectivity index (χ0v) is 11.9. The monoisotopic (exact) mass is 277 g/mol. The maximum Gasteiger partial charge on any atom is 0.117 e. The third-order valence-corrected chi connectivity index (χ3v) is 4.99. The highest BCUT2D eigenvalue weighted by atomic mass is 16.5. The van der Waals surface area contributed by atoms with Gasteiger partial charge in [0.1, 0.15) is 5.76 Å². The molecule has 0 amide bonds. The van der Waals surface area contributed by atoms with Gasteiger partial charge in [0.2, 0.25) is 0 Å². The molecule has 1 aromatic heterocycles. The summed E-state index contributed by atoms with van der Waals surface area (Å²) in [5.41, 5.74) is 0.224. The Hall–Kier alpha value is -0.840. The molecule has 4 rings (SSSR count). The topological polar surface area (TPSA) is 34.8 Å². The van der Waals surface area contributed by atoms with E-state index in [-0.39, 0.29) is 5.41 Å². The van der Waals surface area contributed by atoms with Gasteiger partial charge in [-0.25, -0.2) is 0 Å². The van der Waals surface area contributed by atoms with Gasteiger partial charge < -0.3 is 13.9 Å². The number of ether oxygens (including phenoxy) is 2. The summed E-state index contributed by atoms with van der Waals surface area (Å²) in [6.07, 6.45) is 4.47. The first-order valence-electron chi connectivity index (χ1n) is 7.74. The Bertz CT molecular complexity index is 443. The average molecular weight is 277 g/mol. The van der Waals surface area contributed by atoms with Crippen LogP contribution in [0.4, 0.5) is 0 Å². The van der Waals surface area contributed by atoms with E-state index in [1.165, 1.54) is 12.8 Å². The fraction of sp³-hybridized carbons (Fsp3) is 0.750. The van der Waals surface area contributed by atoms with Gasteiger partial charge in [-0.05, 0) is 30.9 Å². The molecule has 3 fully saturated rings. The van der Waals surface area contributed by atoms with Crippen LogP contribution in [0.3, 0.4) is 0 Å². The standard InChI is InChI=1S/C16H23NO3/c1-2-15(20-5-1)7-17-6-14-9-19-12-16(14,10-17)11-18-8-13-3-4-13/h1-2,5,13-14H,3-4,6-12H2/t14-,16-/m0/s1. The summed E-state index contributed by atoms with van der Waals surface area (Å²) in [6.45, 7) is 6.65. The molecule has 1 aromatic rings. The highest BCUT2D eigenvalue weighted by Gasteiger charge is 2.50. The predicted octanol–water partition coefficient (Wildman–Crippen LogP) is 2.15. The molecule has 1 aliphatic carbocycles. The van der Waals surface area contributed by atoms with Crippen molar-refractivity contribution in [3.63, 3.8) is 0 Å². The first kappa shape index (κ1) is 12.9. The normalized spacial score (nSPS) is 33.7. The van der Waals surface area contributed by atoms with Gasteiger partial charge in [0, 0.05) is 31.0 Å². The first-order valence-corrected chi connectivity index (χ1v) is 7.74. The van der Waals surface area contributed by atoms with Crippen LogP contribution in [-0.4, -0.2) is 44.4 Å². The van der Waals surface area contributed by atoms with E-state index in [2.05, 4.69) is 11.0 Å². The molecule has 2 saturated heterocycles. The number of furan rings is 1. The molecule has 0 radical (unpaired) electrons. The van der Waals surface area contributed by atoms with E-state index in [1.54, 1.807) is 6.26 Å². The minimum atomic E-state index is 0.224. The van der Waals surface area contributed by atoms with Crippen molar-refractivity contribution in [1.82, 2.24) is 4.90 Å². The molecule has 4 heteroatoms. The second-order valence-electron chi connectivity index (χ2n) is 6.78. The number of nitrogens with zero attached hydrogens (tertiary/aromatic N) is 1. The van der Waals surface area contributed by atoms with Gasteiger partial charge in [-0.2, -0.15) is 0 Å². The zero-order chi connectivity index (χ0) is 13.4. The summed E-state index contributed by atoms with van der Waals surface area (Å²) < 4.78 is 17.2. The molecule has 0 spiro atoms. The molecule has 0 aromatic carbocycles. The van der Waals surface area contributed by atoms with Crippen molar-refractivity contribution in [2.75, 3.05) is 39.5 Å². The largest absolute Gasteiger partial charge is 0.468 e.